The van der Waals surface area contributed by atoms with Gasteiger partial charge in [-0.3, -0.25) is 4.98 Å². The Morgan fingerprint density at radius 1 is 1.25 bits per heavy atom. The van der Waals surface area contributed by atoms with Crippen molar-refractivity contribution in [2.75, 3.05) is 6.61 Å². The second-order valence-electron chi connectivity index (χ2n) is 3.83. The number of aromatic nitrogens is 1. The van der Waals surface area contributed by atoms with E-state index in [0.717, 1.165) is 16.3 Å². The van der Waals surface area contributed by atoms with Crippen LogP contribution in [0.15, 0.2) is 36.7 Å². The van der Waals surface area contributed by atoms with Crippen LogP contribution in [-0.4, -0.2) is 21.8 Å². The number of benzene rings is 1. The standard InChI is InChI=1S/C13H15NO2/c15-8-2-5-13(16)12-4-1-3-10-9-14-7-6-11(10)12/h1,3-4,6-7,9,13,15-16H,2,5,8H2. The van der Waals surface area contributed by atoms with E-state index >= 15 is 0 Å². The van der Waals surface area contributed by atoms with Crippen LogP contribution in [0.1, 0.15) is 24.5 Å². The molecule has 0 saturated heterocycles. The van der Waals surface area contributed by atoms with Gasteiger partial charge in [-0.1, -0.05) is 18.2 Å². The molecule has 0 spiro atoms. The normalized spacial score (nSPS) is 12.9. The van der Waals surface area contributed by atoms with Gasteiger partial charge in [-0.05, 0) is 29.9 Å². The molecule has 1 aromatic carbocycles. The highest BCUT2D eigenvalue weighted by Gasteiger charge is 2.10. The fraction of sp³-hybridized carbons (Fsp3) is 0.308. The first kappa shape index (κ1) is 11.0. The van der Waals surface area contributed by atoms with Crippen LogP contribution in [0.3, 0.4) is 0 Å². The van der Waals surface area contributed by atoms with Gasteiger partial charge in [0.15, 0.2) is 0 Å². The van der Waals surface area contributed by atoms with Crippen molar-refractivity contribution in [1.82, 2.24) is 4.98 Å². The maximum atomic E-state index is 10.0. The quantitative estimate of drug-likeness (QED) is 0.824. The topological polar surface area (TPSA) is 53.4 Å². The molecule has 0 saturated carbocycles. The van der Waals surface area contributed by atoms with Gasteiger partial charge in [0, 0.05) is 24.4 Å². The van der Waals surface area contributed by atoms with E-state index in [1.54, 1.807) is 12.4 Å². The molecule has 3 heteroatoms. The Morgan fingerprint density at radius 2 is 2.12 bits per heavy atom. The highest BCUT2D eigenvalue weighted by molar-refractivity contribution is 5.85. The Hall–Kier alpha value is -1.45. The molecular weight excluding hydrogens is 202 g/mol. The van der Waals surface area contributed by atoms with Crippen molar-refractivity contribution in [3.8, 4) is 0 Å². The molecule has 0 radical (unpaired) electrons. The summed E-state index contributed by atoms with van der Waals surface area (Å²) in [5.41, 5.74) is 0.911. The first-order valence-corrected chi connectivity index (χ1v) is 5.44. The van der Waals surface area contributed by atoms with Crippen molar-refractivity contribution >= 4 is 10.8 Å². The maximum Gasteiger partial charge on any atom is 0.0796 e. The Balaban J connectivity index is 2.36. The highest BCUT2D eigenvalue weighted by Crippen LogP contribution is 2.26. The summed E-state index contributed by atoms with van der Waals surface area (Å²) >= 11 is 0. The van der Waals surface area contributed by atoms with Gasteiger partial charge >= 0.3 is 0 Å². The van der Waals surface area contributed by atoms with Gasteiger partial charge in [-0.25, -0.2) is 0 Å². The number of aliphatic hydroxyl groups is 2. The van der Waals surface area contributed by atoms with Gasteiger partial charge in [-0.15, -0.1) is 0 Å². The third-order valence-corrected chi connectivity index (χ3v) is 2.71. The average Bonchev–Trinajstić information content (AvgIpc) is 2.35. The number of hydrogen-bond donors (Lipinski definition) is 2. The van der Waals surface area contributed by atoms with E-state index in [0.29, 0.717) is 12.8 Å². The molecule has 1 aromatic heterocycles. The number of aliphatic hydroxyl groups excluding tert-OH is 2. The molecule has 0 aliphatic rings. The largest absolute Gasteiger partial charge is 0.396 e. The first-order valence-electron chi connectivity index (χ1n) is 5.44. The van der Waals surface area contributed by atoms with Crippen molar-refractivity contribution in [2.45, 2.75) is 18.9 Å². The SMILES string of the molecule is OCCCC(O)c1cccc2cnccc12. The van der Waals surface area contributed by atoms with E-state index in [-0.39, 0.29) is 6.61 Å². The van der Waals surface area contributed by atoms with Crippen molar-refractivity contribution in [2.24, 2.45) is 0 Å². The molecule has 0 bridgehead atoms. The average molecular weight is 217 g/mol. The Labute approximate surface area is 94.4 Å². The molecule has 3 nitrogen and oxygen atoms in total. The Bertz CT molecular complexity index is 465. The lowest BCUT2D eigenvalue weighted by molar-refractivity contribution is 0.153. The molecule has 1 unspecified atom stereocenters. The highest BCUT2D eigenvalue weighted by atomic mass is 16.3. The summed E-state index contributed by atoms with van der Waals surface area (Å²) in [5, 5.41) is 20.8. The van der Waals surface area contributed by atoms with Crippen molar-refractivity contribution in [3.05, 3.63) is 42.2 Å². The lowest BCUT2D eigenvalue weighted by atomic mass is 9.99. The van der Waals surface area contributed by atoms with Crippen LogP contribution in [0.25, 0.3) is 10.8 Å². The molecule has 2 N–H and O–H groups in total. The summed E-state index contributed by atoms with van der Waals surface area (Å²) in [4.78, 5) is 4.05. The number of pyridine rings is 1. The minimum atomic E-state index is -0.516. The van der Waals surface area contributed by atoms with E-state index in [1.165, 1.54) is 0 Å². The van der Waals surface area contributed by atoms with Crippen LogP contribution in [0.4, 0.5) is 0 Å². The Morgan fingerprint density at radius 3 is 2.94 bits per heavy atom. The van der Waals surface area contributed by atoms with Crippen LogP contribution in [0.2, 0.25) is 0 Å². The number of rotatable bonds is 4. The molecule has 2 aromatic rings. The number of fused-ring (bicyclic) bond motifs is 1. The zero-order valence-electron chi connectivity index (χ0n) is 9.00. The van der Waals surface area contributed by atoms with Crippen molar-refractivity contribution < 1.29 is 10.2 Å². The molecular formula is C13H15NO2. The maximum absolute atomic E-state index is 10.0. The molecule has 0 amide bonds. The predicted octanol–water partition coefficient (Wildman–Crippen LogP) is 2.04. The first-order chi connectivity index (χ1) is 7.83. The minimum absolute atomic E-state index is 0.114. The lowest BCUT2D eigenvalue weighted by Crippen LogP contribution is -1.99. The molecule has 0 fully saturated rings. The summed E-state index contributed by atoms with van der Waals surface area (Å²) in [7, 11) is 0. The summed E-state index contributed by atoms with van der Waals surface area (Å²) in [6.07, 6.45) is 4.20. The fourth-order valence-corrected chi connectivity index (χ4v) is 1.88. The van der Waals surface area contributed by atoms with Crippen LogP contribution in [0, 0.1) is 0 Å². The zero-order chi connectivity index (χ0) is 11.4. The van der Waals surface area contributed by atoms with Crippen LogP contribution < -0.4 is 0 Å². The number of nitrogens with zero attached hydrogens (tertiary/aromatic N) is 1. The fourth-order valence-electron chi connectivity index (χ4n) is 1.88. The minimum Gasteiger partial charge on any atom is -0.396 e. The molecule has 1 heterocycles. The third-order valence-electron chi connectivity index (χ3n) is 2.71. The van der Waals surface area contributed by atoms with Crippen LogP contribution in [0.5, 0.6) is 0 Å². The van der Waals surface area contributed by atoms with Crippen molar-refractivity contribution in [3.63, 3.8) is 0 Å². The summed E-state index contributed by atoms with van der Waals surface area (Å²) in [6.45, 7) is 0.114. The Kier molecular flexibility index (Phi) is 3.49. The van der Waals surface area contributed by atoms with E-state index < -0.39 is 6.10 Å². The van der Waals surface area contributed by atoms with Gasteiger partial charge in [0.25, 0.3) is 0 Å². The van der Waals surface area contributed by atoms with Gasteiger partial charge in [0.2, 0.25) is 0 Å². The lowest BCUT2D eigenvalue weighted by Gasteiger charge is -2.12. The van der Waals surface area contributed by atoms with Gasteiger partial charge in [-0.2, -0.15) is 0 Å². The predicted molar refractivity (Wildman–Crippen MR) is 63.0 cm³/mol. The van der Waals surface area contributed by atoms with E-state index in [4.69, 9.17) is 5.11 Å². The monoisotopic (exact) mass is 217 g/mol. The van der Waals surface area contributed by atoms with E-state index in [9.17, 15) is 5.11 Å². The second-order valence-corrected chi connectivity index (χ2v) is 3.83. The summed E-state index contributed by atoms with van der Waals surface area (Å²) in [6, 6.07) is 7.73. The second kappa shape index (κ2) is 5.05. The smallest absolute Gasteiger partial charge is 0.0796 e. The van der Waals surface area contributed by atoms with Gasteiger partial charge < -0.3 is 10.2 Å². The molecule has 0 aliphatic carbocycles. The zero-order valence-corrected chi connectivity index (χ0v) is 9.00. The number of hydrogen-bond acceptors (Lipinski definition) is 3. The van der Waals surface area contributed by atoms with E-state index in [1.807, 2.05) is 24.3 Å². The molecule has 0 aliphatic heterocycles. The molecule has 16 heavy (non-hydrogen) atoms. The van der Waals surface area contributed by atoms with Gasteiger partial charge in [0.1, 0.15) is 0 Å². The van der Waals surface area contributed by atoms with Crippen LogP contribution >= 0.6 is 0 Å². The molecule has 2 rings (SSSR count). The van der Waals surface area contributed by atoms with E-state index in [2.05, 4.69) is 4.98 Å². The molecule has 1 atom stereocenters. The molecule has 84 valence electrons. The summed E-state index contributed by atoms with van der Waals surface area (Å²) in [5.74, 6) is 0. The van der Waals surface area contributed by atoms with Crippen molar-refractivity contribution in [1.29, 1.82) is 0 Å². The third kappa shape index (κ3) is 2.21. The van der Waals surface area contributed by atoms with Gasteiger partial charge in [0.05, 0.1) is 6.10 Å². The van der Waals surface area contributed by atoms with Crippen LogP contribution in [-0.2, 0) is 0 Å². The summed E-state index contributed by atoms with van der Waals surface area (Å²) < 4.78 is 0.